The van der Waals surface area contributed by atoms with E-state index in [2.05, 4.69) is 24.4 Å². The van der Waals surface area contributed by atoms with Gasteiger partial charge in [0.1, 0.15) is 0 Å². The first-order valence-electron chi connectivity index (χ1n) is 7.26. The SMILES string of the molecule is C[C@H](NC1Cc2ccc(Cl)cc2C1)C1CCCC1. The zero-order valence-electron chi connectivity index (χ0n) is 11.1. The van der Waals surface area contributed by atoms with Crippen molar-refractivity contribution in [3.63, 3.8) is 0 Å². The van der Waals surface area contributed by atoms with Crippen molar-refractivity contribution in [1.29, 1.82) is 0 Å². The summed E-state index contributed by atoms with van der Waals surface area (Å²) in [4.78, 5) is 0. The van der Waals surface area contributed by atoms with Gasteiger partial charge in [0.05, 0.1) is 0 Å². The molecule has 0 amide bonds. The maximum atomic E-state index is 6.06. The van der Waals surface area contributed by atoms with E-state index in [1.54, 1.807) is 0 Å². The van der Waals surface area contributed by atoms with Gasteiger partial charge in [-0.2, -0.15) is 0 Å². The Bertz CT molecular complexity index is 423. The van der Waals surface area contributed by atoms with Gasteiger partial charge in [-0.25, -0.2) is 0 Å². The van der Waals surface area contributed by atoms with E-state index >= 15 is 0 Å². The van der Waals surface area contributed by atoms with E-state index in [1.165, 1.54) is 43.2 Å². The Balaban J connectivity index is 1.60. The first-order valence-corrected chi connectivity index (χ1v) is 7.63. The zero-order chi connectivity index (χ0) is 12.5. The Kier molecular flexibility index (Phi) is 3.63. The smallest absolute Gasteiger partial charge is 0.0408 e. The average molecular weight is 264 g/mol. The molecule has 1 aromatic rings. The molecule has 1 saturated carbocycles. The van der Waals surface area contributed by atoms with Crippen LogP contribution in [0.2, 0.25) is 5.02 Å². The minimum absolute atomic E-state index is 0.620. The van der Waals surface area contributed by atoms with Gasteiger partial charge in [-0.05, 0) is 61.8 Å². The highest BCUT2D eigenvalue weighted by Gasteiger charge is 2.27. The lowest BCUT2D eigenvalue weighted by atomic mass is 9.98. The molecule has 1 aromatic carbocycles. The molecule has 2 atom stereocenters. The minimum atomic E-state index is 0.620. The van der Waals surface area contributed by atoms with Crippen LogP contribution in [0.3, 0.4) is 0 Å². The topological polar surface area (TPSA) is 12.0 Å². The third-order valence-electron chi connectivity index (χ3n) is 4.71. The fourth-order valence-electron chi connectivity index (χ4n) is 3.67. The zero-order valence-corrected chi connectivity index (χ0v) is 11.8. The summed E-state index contributed by atoms with van der Waals surface area (Å²) in [6.07, 6.45) is 8.00. The Morgan fingerprint density at radius 3 is 2.67 bits per heavy atom. The van der Waals surface area contributed by atoms with Gasteiger partial charge in [-0.15, -0.1) is 0 Å². The summed E-state index contributed by atoms with van der Waals surface area (Å²) in [7, 11) is 0. The number of nitrogens with one attached hydrogen (secondary N) is 1. The van der Waals surface area contributed by atoms with E-state index in [0.717, 1.165) is 17.4 Å². The highest BCUT2D eigenvalue weighted by atomic mass is 35.5. The molecule has 0 aromatic heterocycles. The Morgan fingerprint density at radius 1 is 1.17 bits per heavy atom. The fourth-order valence-corrected chi connectivity index (χ4v) is 3.86. The fraction of sp³-hybridized carbons (Fsp3) is 0.625. The largest absolute Gasteiger partial charge is 0.311 e. The molecular weight excluding hydrogens is 242 g/mol. The van der Waals surface area contributed by atoms with Crippen LogP contribution in [0.25, 0.3) is 0 Å². The van der Waals surface area contributed by atoms with Gasteiger partial charge in [-0.3, -0.25) is 0 Å². The lowest BCUT2D eigenvalue weighted by molar-refractivity contribution is 0.344. The molecular formula is C16H22ClN. The Morgan fingerprint density at radius 2 is 1.89 bits per heavy atom. The third kappa shape index (κ3) is 2.57. The van der Waals surface area contributed by atoms with Crippen LogP contribution in [0.4, 0.5) is 0 Å². The van der Waals surface area contributed by atoms with Crippen LogP contribution in [-0.2, 0) is 12.8 Å². The number of hydrogen-bond donors (Lipinski definition) is 1. The molecule has 1 N–H and O–H groups in total. The predicted octanol–water partition coefficient (Wildman–Crippen LogP) is 3.98. The van der Waals surface area contributed by atoms with Gasteiger partial charge in [0.15, 0.2) is 0 Å². The van der Waals surface area contributed by atoms with Crippen molar-refractivity contribution >= 4 is 11.6 Å². The highest BCUT2D eigenvalue weighted by molar-refractivity contribution is 6.30. The second-order valence-electron chi connectivity index (χ2n) is 6.02. The lowest BCUT2D eigenvalue weighted by Gasteiger charge is -2.24. The van der Waals surface area contributed by atoms with Gasteiger partial charge in [0.25, 0.3) is 0 Å². The van der Waals surface area contributed by atoms with Crippen molar-refractivity contribution in [3.8, 4) is 0 Å². The van der Waals surface area contributed by atoms with E-state index in [9.17, 15) is 0 Å². The van der Waals surface area contributed by atoms with Crippen molar-refractivity contribution < 1.29 is 0 Å². The number of fused-ring (bicyclic) bond motifs is 1. The van der Waals surface area contributed by atoms with Crippen LogP contribution in [0.1, 0.15) is 43.7 Å². The lowest BCUT2D eigenvalue weighted by Crippen LogP contribution is -2.40. The summed E-state index contributed by atoms with van der Waals surface area (Å²) in [6, 6.07) is 7.64. The predicted molar refractivity (Wildman–Crippen MR) is 77.2 cm³/mol. The van der Waals surface area contributed by atoms with Gasteiger partial charge in [-0.1, -0.05) is 30.5 Å². The van der Waals surface area contributed by atoms with E-state index in [1.807, 2.05) is 6.07 Å². The summed E-state index contributed by atoms with van der Waals surface area (Å²) >= 11 is 6.06. The number of benzene rings is 1. The molecule has 98 valence electrons. The number of halogens is 1. The molecule has 18 heavy (non-hydrogen) atoms. The summed E-state index contributed by atoms with van der Waals surface area (Å²) in [5.41, 5.74) is 2.93. The van der Waals surface area contributed by atoms with E-state index in [4.69, 9.17) is 11.6 Å². The third-order valence-corrected chi connectivity index (χ3v) is 4.94. The molecule has 1 nitrogen and oxygen atoms in total. The van der Waals surface area contributed by atoms with Crippen LogP contribution in [0, 0.1) is 5.92 Å². The first-order chi connectivity index (χ1) is 8.72. The van der Waals surface area contributed by atoms with Gasteiger partial charge >= 0.3 is 0 Å². The molecule has 1 unspecified atom stereocenters. The quantitative estimate of drug-likeness (QED) is 0.870. The summed E-state index contributed by atoms with van der Waals surface area (Å²) in [5, 5.41) is 4.72. The molecule has 2 aliphatic rings. The van der Waals surface area contributed by atoms with E-state index < -0.39 is 0 Å². The minimum Gasteiger partial charge on any atom is -0.311 e. The molecule has 0 bridgehead atoms. The average Bonchev–Trinajstić information content (AvgIpc) is 2.95. The molecule has 0 heterocycles. The molecule has 1 fully saturated rings. The molecule has 0 radical (unpaired) electrons. The van der Waals surface area contributed by atoms with E-state index in [-0.39, 0.29) is 0 Å². The number of hydrogen-bond acceptors (Lipinski definition) is 1. The Hall–Kier alpha value is -0.530. The van der Waals surface area contributed by atoms with Crippen LogP contribution in [0.5, 0.6) is 0 Å². The van der Waals surface area contributed by atoms with E-state index in [0.29, 0.717) is 12.1 Å². The monoisotopic (exact) mass is 263 g/mol. The second-order valence-corrected chi connectivity index (χ2v) is 6.45. The molecule has 0 saturated heterocycles. The van der Waals surface area contributed by atoms with Crippen molar-refractivity contribution in [2.24, 2.45) is 5.92 Å². The maximum Gasteiger partial charge on any atom is 0.0408 e. The van der Waals surface area contributed by atoms with Gasteiger partial charge in [0.2, 0.25) is 0 Å². The molecule has 0 aliphatic heterocycles. The van der Waals surface area contributed by atoms with Crippen molar-refractivity contribution in [2.75, 3.05) is 0 Å². The van der Waals surface area contributed by atoms with Crippen molar-refractivity contribution in [2.45, 2.75) is 57.5 Å². The van der Waals surface area contributed by atoms with Crippen molar-refractivity contribution in [1.82, 2.24) is 5.32 Å². The Labute approximate surface area is 115 Å². The van der Waals surface area contributed by atoms with Gasteiger partial charge < -0.3 is 5.32 Å². The van der Waals surface area contributed by atoms with Crippen molar-refractivity contribution in [3.05, 3.63) is 34.3 Å². The molecule has 2 aliphatic carbocycles. The molecule has 2 heteroatoms. The van der Waals surface area contributed by atoms with Crippen LogP contribution in [0.15, 0.2) is 18.2 Å². The van der Waals surface area contributed by atoms with Crippen LogP contribution < -0.4 is 5.32 Å². The van der Waals surface area contributed by atoms with Crippen LogP contribution >= 0.6 is 11.6 Å². The number of rotatable bonds is 3. The standard InChI is InChI=1S/C16H22ClN/c1-11(12-4-2-3-5-12)18-16-9-13-6-7-15(17)8-14(13)10-16/h6-8,11-12,16,18H,2-5,9-10H2,1H3/t11-,16?/m0/s1. The summed E-state index contributed by atoms with van der Waals surface area (Å²) in [5.74, 6) is 0.900. The maximum absolute atomic E-state index is 6.06. The first kappa shape index (κ1) is 12.5. The summed E-state index contributed by atoms with van der Waals surface area (Å²) < 4.78 is 0. The second kappa shape index (κ2) is 5.22. The van der Waals surface area contributed by atoms with Crippen LogP contribution in [-0.4, -0.2) is 12.1 Å². The van der Waals surface area contributed by atoms with Gasteiger partial charge in [0, 0.05) is 17.1 Å². The molecule has 3 rings (SSSR count). The normalized spacial score (nSPS) is 25.3. The highest BCUT2D eigenvalue weighted by Crippen LogP contribution is 2.30. The molecule has 0 spiro atoms. The summed E-state index contributed by atoms with van der Waals surface area (Å²) in [6.45, 7) is 2.37.